The predicted molar refractivity (Wildman–Crippen MR) is 113 cm³/mol. The fourth-order valence-electron chi connectivity index (χ4n) is 3.53. The van der Waals surface area contributed by atoms with Gasteiger partial charge in [-0.1, -0.05) is 29.8 Å². The van der Waals surface area contributed by atoms with Crippen LogP contribution in [0.25, 0.3) is 0 Å². The largest absolute Gasteiger partial charge is 0.349 e. The molecular formula is C21H23ClN2O4S. The first-order chi connectivity index (χ1) is 13.7. The van der Waals surface area contributed by atoms with Crippen LogP contribution in [-0.2, 0) is 14.6 Å². The van der Waals surface area contributed by atoms with Crippen molar-refractivity contribution < 1.29 is 18.0 Å². The Morgan fingerprint density at radius 3 is 2.34 bits per heavy atom. The van der Waals surface area contributed by atoms with Crippen LogP contribution in [0.5, 0.6) is 0 Å². The molecule has 0 saturated heterocycles. The summed E-state index contributed by atoms with van der Waals surface area (Å²) >= 11 is 5.93. The van der Waals surface area contributed by atoms with Crippen molar-refractivity contribution in [1.29, 1.82) is 0 Å². The number of benzene rings is 2. The van der Waals surface area contributed by atoms with Crippen molar-refractivity contribution in [1.82, 2.24) is 5.32 Å². The maximum absolute atomic E-state index is 12.6. The molecular weight excluding hydrogens is 412 g/mol. The second kappa shape index (κ2) is 8.97. The van der Waals surface area contributed by atoms with Crippen LogP contribution in [0.15, 0.2) is 53.4 Å². The van der Waals surface area contributed by atoms with Crippen molar-refractivity contribution in [3.63, 3.8) is 0 Å². The molecule has 0 unspecified atom stereocenters. The average molecular weight is 435 g/mol. The molecule has 0 radical (unpaired) electrons. The van der Waals surface area contributed by atoms with Gasteiger partial charge >= 0.3 is 0 Å². The van der Waals surface area contributed by atoms with Crippen LogP contribution in [0.1, 0.15) is 36.0 Å². The highest BCUT2D eigenvalue weighted by Crippen LogP contribution is 2.28. The molecule has 0 bridgehead atoms. The van der Waals surface area contributed by atoms with Gasteiger partial charge in [-0.15, -0.1) is 0 Å². The summed E-state index contributed by atoms with van der Waals surface area (Å²) in [4.78, 5) is 25.1. The molecule has 154 valence electrons. The molecule has 1 fully saturated rings. The van der Waals surface area contributed by atoms with Crippen molar-refractivity contribution in [2.75, 3.05) is 11.6 Å². The lowest BCUT2D eigenvalue weighted by molar-refractivity contribution is -0.120. The first-order valence-electron chi connectivity index (χ1n) is 9.40. The van der Waals surface area contributed by atoms with E-state index in [1.807, 2.05) is 0 Å². The molecule has 29 heavy (non-hydrogen) atoms. The van der Waals surface area contributed by atoms with Gasteiger partial charge in [0, 0.05) is 28.8 Å². The number of hydrogen-bond acceptors (Lipinski definition) is 4. The fourth-order valence-corrected chi connectivity index (χ4v) is 4.56. The molecule has 0 aliphatic heterocycles. The van der Waals surface area contributed by atoms with Gasteiger partial charge in [-0.25, -0.2) is 8.42 Å². The third-order valence-electron chi connectivity index (χ3n) is 5.06. The molecule has 2 aromatic rings. The molecule has 1 saturated carbocycles. The highest BCUT2D eigenvalue weighted by Gasteiger charge is 2.28. The van der Waals surface area contributed by atoms with Crippen molar-refractivity contribution in [3.8, 4) is 0 Å². The van der Waals surface area contributed by atoms with E-state index in [1.54, 1.807) is 42.5 Å². The zero-order valence-electron chi connectivity index (χ0n) is 16.0. The summed E-state index contributed by atoms with van der Waals surface area (Å²) in [7, 11) is -3.43. The molecule has 0 spiro atoms. The van der Waals surface area contributed by atoms with E-state index in [2.05, 4.69) is 10.6 Å². The highest BCUT2D eigenvalue weighted by molar-refractivity contribution is 7.90. The van der Waals surface area contributed by atoms with E-state index >= 15 is 0 Å². The van der Waals surface area contributed by atoms with Gasteiger partial charge in [-0.05, 0) is 56.0 Å². The number of carbonyl (C=O) groups is 2. The van der Waals surface area contributed by atoms with Gasteiger partial charge in [0.25, 0.3) is 5.91 Å². The lowest BCUT2D eigenvalue weighted by Gasteiger charge is -2.28. The van der Waals surface area contributed by atoms with E-state index in [1.165, 1.54) is 6.07 Å². The summed E-state index contributed by atoms with van der Waals surface area (Å²) in [6.45, 7) is 0. The Bertz CT molecular complexity index is 1010. The van der Waals surface area contributed by atoms with Crippen molar-refractivity contribution in [2.24, 2.45) is 5.92 Å². The van der Waals surface area contributed by atoms with Crippen LogP contribution in [-0.4, -0.2) is 32.5 Å². The number of nitrogens with one attached hydrogen (secondary N) is 2. The number of para-hydroxylation sites is 1. The standard InChI is InChI=1S/C21H23ClN2O4S/c1-29(27,28)19-8-3-2-7-18(19)24-20(25)14-9-11-17(12-10-14)23-21(26)15-5-4-6-16(22)13-15/h2-8,13-14,17H,9-12H2,1H3,(H,23,26)(H,24,25). The minimum atomic E-state index is -3.43. The number of rotatable bonds is 5. The second-order valence-electron chi connectivity index (χ2n) is 7.29. The molecule has 2 amide bonds. The molecule has 2 aromatic carbocycles. The lowest BCUT2D eigenvalue weighted by atomic mass is 9.85. The summed E-state index contributed by atoms with van der Waals surface area (Å²) in [5.41, 5.74) is 0.811. The third-order valence-corrected chi connectivity index (χ3v) is 6.45. The summed E-state index contributed by atoms with van der Waals surface area (Å²) < 4.78 is 23.8. The van der Waals surface area contributed by atoms with Crippen molar-refractivity contribution in [2.45, 2.75) is 36.6 Å². The summed E-state index contributed by atoms with van der Waals surface area (Å²) in [6, 6.07) is 13.1. The monoisotopic (exact) mass is 434 g/mol. The zero-order chi connectivity index (χ0) is 21.0. The van der Waals surface area contributed by atoms with Gasteiger partial charge in [0.05, 0.1) is 10.6 Å². The van der Waals surface area contributed by atoms with Gasteiger partial charge < -0.3 is 10.6 Å². The van der Waals surface area contributed by atoms with Crippen LogP contribution in [0.2, 0.25) is 5.02 Å². The first-order valence-corrected chi connectivity index (χ1v) is 11.7. The Morgan fingerprint density at radius 2 is 1.69 bits per heavy atom. The van der Waals surface area contributed by atoms with Crippen molar-refractivity contribution >= 4 is 38.9 Å². The van der Waals surface area contributed by atoms with Crippen LogP contribution in [0, 0.1) is 5.92 Å². The molecule has 0 aromatic heterocycles. The molecule has 3 rings (SSSR count). The summed E-state index contributed by atoms with van der Waals surface area (Å²) in [6.07, 6.45) is 3.71. The smallest absolute Gasteiger partial charge is 0.251 e. The van der Waals surface area contributed by atoms with Gasteiger partial charge in [-0.3, -0.25) is 9.59 Å². The Labute approximate surface area is 175 Å². The Hall–Kier alpha value is -2.38. The van der Waals surface area contributed by atoms with Gasteiger partial charge in [-0.2, -0.15) is 0 Å². The molecule has 2 N–H and O–H groups in total. The minimum absolute atomic E-state index is 0.00571. The predicted octanol–water partition coefficient (Wildman–Crippen LogP) is 3.67. The highest BCUT2D eigenvalue weighted by atomic mass is 35.5. The fraction of sp³-hybridized carbons (Fsp3) is 0.333. The maximum Gasteiger partial charge on any atom is 0.251 e. The van der Waals surface area contributed by atoms with E-state index in [0.29, 0.717) is 42.0 Å². The maximum atomic E-state index is 12.6. The first kappa shape index (κ1) is 21.3. The summed E-state index contributed by atoms with van der Waals surface area (Å²) in [5, 5.41) is 6.25. The van der Waals surface area contributed by atoms with E-state index in [9.17, 15) is 18.0 Å². The Kier molecular flexibility index (Phi) is 6.59. The molecule has 1 aliphatic rings. The van der Waals surface area contributed by atoms with Gasteiger partial charge in [0.1, 0.15) is 0 Å². The number of carbonyl (C=O) groups excluding carboxylic acids is 2. The van der Waals surface area contributed by atoms with Crippen LogP contribution in [0.4, 0.5) is 5.69 Å². The number of hydrogen-bond donors (Lipinski definition) is 2. The Morgan fingerprint density at radius 1 is 1.00 bits per heavy atom. The molecule has 8 heteroatoms. The average Bonchev–Trinajstić information content (AvgIpc) is 2.68. The van der Waals surface area contributed by atoms with E-state index in [0.717, 1.165) is 6.26 Å². The van der Waals surface area contributed by atoms with Crippen molar-refractivity contribution in [3.05, 3.63) is 59.1 Å². The molecule has 1 aliphatic carbocycles. The van der Waals surface area contributed by atoms with E-state index in [-0.39, 0.29) is 28.7 Å². The van der Waals surface area contributed by atoms with Crippen LogP contribution >= 0.6 is 11.6 Å². The van der Waals surface area contributed by atoms with Gasteiger partial charge in [0.15, 0.2) is 9.84 Å². The molecule has 6 nitrogen and oxygen atoms in total. The quantitative estimate of drug-likeness (QED) is 0.750. The van der Waals surface area contributed by atoms with Gasteiger partial charge in [0.2, 0.25) is 5.91 Å². The zero-order valence-corrected chi connectivity index (χ0v) is 17.6. The number of sulfone groups is 1. The Balaban J connectivity index is 1.56. The molecule has 0 atom stereocenters. The SMILES string of the molecule is CS(=O)(=O)c1ccccc1NC(=O)C1CCC(NC(=O)c2cccc(Cl)c2)CC1. The number of halogens is 1. The normalized spacial score (nSPS) is 19.4. The van der Waals surface area contributed by atoms with E-state index < -0.39 is 9.84 Å². The van der Waals surface area contributed by atoms with Crippen LogP contribution < -0.4 is 10.6 Å². The summed E-state index contributed by atoms with van der Waals surface area (Å²) in [5.74, 6) is -0.592. The minimum Gasteiger partial charge on any atom is -0.349 e. The molecule has 0 heterocycles. The topological polar surface area (TPSA) is 92.3 Å². The second-order valence-corrected chi connectivity index (χ2v) is 9.71. The van der Waals surface area contributed by atoms with Crippen LogP contribution in [0.3, 0.4) is 0 Å². The third kappa shape index (κ3) is 5.58. The lowest BCUT2D eigenvalue weighted by Crippen LogP contribution is -2.39. The van der Waals surface area contributed by atoms with E-state index in [4.69, 9.17) is 11.6 Å². The number of anilines is 1. The number of amides is 2.